The standard InChI is InChI=1S/C21H27N3O3/c1-26-20(17-10-6-3-7-11-17)21-24-23-19(27-21)13-12-18(25)22-15-14-16-8-4-2-5-9-16/h3,6-8,10-11,20H,2,4-5,9,12-15H2,1H3,(H,22,25)/t20-/m0/s1. The lowest BCUT2D eigenvalue weighted by Crippen LogP contribution is -2.25. The Morgan fingerprint density at radius 1 is 1.22 bits per heavy atom. The molecule has 1 aliphatic rings. The van der Waals surface area contributed by atoms with Crippen LogP contribution >= 0.6 is 0 Å². The molecule has 6 heteroatoms. The average Bonchev–Trinajstić information content (AvgIpc) is 3.17. The fourth-order valence-electron chi connectivity index (χ4n) is 3.28. The zero-order valence-electron chi connectivity index (χ0n) is 15.8. The SMILES string of the molecule is CO[C@@H](c1ccccc1)c1nnc(CCC(=O)NCCC2=CCCCC2)o1. The Labute approximate surface area is 160 Å². The van der Waals surface area contributed by atoms with Crippen molar-refractivity contribution < 1.29 is 13.9 Å². The van der Waals surface area contributed by atoms with Crippen LogP contribution in [0.4, 0.5) is 0 Å². The summed E-state index contributed by atoms with van der Waals surface area (Å²) in [6.07, 6.45) is 8.52. The summed E-state index contributed by atoms with van der Waals surface area (Å²) in [5, 5.41) is 11.1. The van der Waals surface area contributed by atoms with E-state index in [0.717, 1.165) is 12.0 Å². The Kier molecular flexibility index (Phi) is 7.16. The first-order chi connectivity index (χ1) is 13.3. The molecule has 2 aromatic rings. The second-order valence-corrected chi connectivity index (χ2v) is 6.77. The lowest BCUT2D eigenvalue weighted by molar-refractivity contribution is -0.121. The van der Waals surface area contributed by atoms with E-state index in [0.29, 0.717) is 31.2 Å². The molecule has 0 unspecified atom stereocenters. The van der Waals surface area contributed by atoms with Crippen molar-refractivity contribution in [2.45, 2.75) is 51.0 Å². The van der Waals surface area contributed by atoms with Crippen LogP contribution in [0.3, 0.4) is 0 Å². The number of ether oxygens (including phenoxy) is 1. The third-order valence-corrected chi connectivity index (χ3v) is 4.76. The summed E-state index contributed by atoms with van der Waals surface area (Å²) in [6.45, 7) is 0.694. The smallest absolute Gasteiger partial charge is 0.249 e. The van der Waals surface area contributed by atoms with Gasteiger partial charge >= 0.3 is 0 Å². The van der Waals surface area contributed by atoms with Gasteiger partial charge in [-0.1, -0.05) is 42.0 Å². The fraction of sp³-hybridized carbons (Fsp3) is 0.476. The molecule has 1 aliphatic carbocycles. The molecular formula is C21H27N3O3. The Morgan fingerprint density at radius 2 is 2.07 bits per heavy atom. The van der Waals surface area contributed by atoms with Crippen molar-refractivity contribution in [2.75, 3.05) is 13.7 Å². The van der Waals surface area contributed by atoms with E-state index in [-0.39, 0.29) is 5.91 Å². The van der Waals surface area contributed by atoms with Crippen molar-refractivity contribution in [1.29, 1.82) is 0 Å². The highest BCUT2D eigenvalue weighted by atomic mass is 16.5. The summed E-state index contributed by atoms with van der Waals surface area (Å²) >= 11 is 0. The third-order valence-electron chi connectivity index (χ3n) is 4.76. The molecule has 6 nitrogen and oxygen atoms in total. The van der Waals surface area contributed by atoms with Crippen LogP contribution in [0.5, 0.6) is 0 Å². The molecule has 0 radical (unpaired) electrons. The molecule has 0 saturated heterocycles. The van der Waals surface area contributed by atoms with Gasteiger partial charge in [0.25, 0.3) is 0 Å². The van der Waals surface area contributed by atoms with Crippen LogP contribution in [-0.2, 0) is 16.0 Å². The first kappa shape index (κ1) is 19.3. The van der Waals surface area contributed by atoms with Crippen LogP contribution < -0.4 is 5.32 Å². The number of methoxy groups -OCH3 is 1. The van der Waals surface area contributed by atoms with Gasteiger partial charge in [-0.15, -0.1) is 10.2 Å². The summed E-state index contributed by atoms with van der Waals surface area (Å²) in [6, 6.07) is 9.72. The number of rotatable bonds is 9. The summed E-state index contributed by atoms with van der Waals surface area (Å²) in [7, 11) is 1.61. The number of aryl methyl sites for hydroxylation is 1. The van der Waals surface area contributed by atoms with E-state index >= 15 is 0 Å². The maximum Gasteiger partial charge on any atom is 0.249 e. The van der Waals surface area contributed by atoms with Crippen molar-refractivity contribution in [3.63, 3.8) is 0 Å². The van der Waals surface area contributed by atoms with Crippen LogP contribution in [-0.4, -0.2) is 29.8 Å². The number of carbonyl (C=O) groups is 1. The molecule has 1 amide bonds. The highest BCUT2D eigenvalue weighted by molar-refractivity contribution is 5.75. The maximum absolute atomic E-state index is 12.0. The minimum Gasteiger partial charge on any atom is -0.422 e. The van der Waals surface area contributed by atoms with E-state index in [9.17, 15) is 4.79 Å². The Morgan fingerprint density at radius 3 is 2.81 bits per heavy atom. The van der Waals surface area contributed by atoms with Gasteiger partial charge in [0.05, 0.1) is 0 Å². The first-order valence-corrected chi connectivity index (χ1v) is 9.61. The van der Waals surface area contributed by atoms with Gasteiger partial charge in [-0.05, 0) is 37.7 Å². The lowest BCUT2D eigenvalue weighted by atomic mass is 9.97. The Hall–Kier alpha value is -2.47. The van der Waals surface area contributed by atoms with E-state index in [1.54, 1.807) is 7.11 Å². The molecular weight excluding hydrogens is 342 g/mol. The average molecular weight is 369 g/mol. The van der Waals surface area contributed by atoms with Gasteiger partial charge in [-0.2, -0.15) is 0 Å². The van der Waals surface area contributed by atoms with Crippen molar-refractivity contribution in [3.8, 4) is 0 Å². The topological polar surface area (TPSA) is 77.2 Å². The van der Waals surface area contributed by atoms with Crippen molar-refractivity contribution in [2.24, 2.45) is 0 Å². The van der Waals surface area contributed by atoms with E-state index < -0.39 is 6.10 Å². The zero-order valence-corrected chi connectivity index (χ0v) is 15.8. The zero-order chi connectivity index (χ0) is 18.9. The van der Waals surface area contributed by atoms with Gasteiger partial charge in [0, 0.05) is 26.5 Å². The van der Waals surface area contributed by atoms with Gasteiger partial charge < -0.3 is 14.5 Å². The molecule has 3 rings (SSSR count). The van der Waals surface area contributed by atoms with Crippen LogP contribution in [0, 0.1) is 0 Å². The summed E-state index contributed by atoms with van der Waals surface area (Å²) in [5.41, 5.74) is 2.42. The molecule has 1 N–H and O–H groups in total. The van der Waals surface area contributed by atoms with Crippen LogP contribution in [0.2, 0.25) is 0 Å². The number of aromatic nitrogens is 2. The molecule has 1 aromatic heterocycles. The first-order valence-electron chi connectivity index (χ1n) is 9.61. The van der Waals surface area contributed by atoms with E-state index in [4.69, 9.17) is 9.15 Å². The molecule has 0 saturated carbocycles. The summed E-state index contributed by atoms with van der Waals surface area (Å²) in [4.78, 5) is 12.0. The molecule has 0 fully saturated rings. The van der Waals surface area contributed by atoms with Gasteiger partial charge in [0.15, 0.2) is 6.10 Å². The minimum atomic E-state index is -0.398. The van der Waals surface area contributed by atoms with Crippen molar-refractivity contribution in [3.05, 3.63) is 59.3 Å². The molecule has 1 heterocycles. The van der Waals surface area contributed by atoms with Gasteiger partial charge in [-0.3, -0.25) is 4.79 Å². The highest BCUT2D eigenvalue weighted by Gasteiger charge is 2.20. The quantitative estimate of drug-likeness (QED) is 0.681. The highest BCUT2D eigenvalue weighted by Crippen LogP contribution is 2.24. The van der Waals surface area contributed by atoms with Crippen LogP contribution in [0.15, 0.2) is 46.4 Å². The molecule has 0 spiro atoms. The molecule has 144 valence electrons. The lowest BCUT2D eigenvalue weighted by Gasteiger charge is -2.12. The van der Waals surface area contributed by atoms with E-state index in [2.05, 4.69) is 21.6 Å². The molecule has 1 atom stereocenters. The largest absolute Gasteiger partial charge is 0.422 e. The number of hydrogen-bond acceptors (Lipinski definition) is 5. The van der Waals surface area contributed by atoms with Crippen molar-refractivity contribution >= 4 is 5.91 Å². The monoisotopic (exact) mass is 369 g/mol. The minimum absolute atomic E-state index is 0.0116. The molecule has 0 bridgehead atoms. The van der Waals surface area contributed by atoms with Gasteiger partial charge in [0.2, 0.25) is 17.7 Å². The van der Waals surface area contributed by atoms with Gasteiger partial charge in [0.1, 0.15) is 0 Å². The van der Waals surface area contributed by atoms with Crippen molar-refractivity contribution in [1.82, 2.24) is 15.5 Å². The molecule has 27 heavy (non-hydrogen) atoms. The number of nitrogens with zero attached hydrogens (tertiary/aromatic N) is 2. The number of benzene rings is 1. The maximum atomic E-state index is 12.0. The van der Waals surface area contributed by atoms with Crippen LogP contribution in [0.25, 0.3) is 0 Å². The molecule has 0 aliphatic heterocycles. The normalized spacial score (nSPS) is 15.2. The fourth-order valence-corrected chi connectivity index (χ4v) is 3.28. The number of amides is 1. The summed E-state index contributed by atoms with van der Waals surface area (Å²) in [5.74, 6) is 0.869. The number of nitrogens with one attached hydrogen (secondary N) is 1. The summed E-state index contributed by atoms with van der Waals surface area (Å²) < 4.78 is 11.2. The second kappa shape index (κ2) is 10.0. The van der Waals surface area contributed by atoms with E-state index in [1.807, 2.05) is 30.3 Å². The number of carbonyl (C=O) groups excluding carboxylic acids is 1. The number of allylic oxidation sites excluding steroid dienone is 1. The molecule has 1 aromatic carbocycles. The van der Waals surface area contributed by atoms with Gasteiger partial charge in [-0.25, -0.2) is 0 Å². The predicted molar refractivity (Wildman–Crippen MR) is 102 cm³/mol. The predicted octanol–water partition coefficient (Wildman–Crippen LogP) is 3.74. The Bertz CT molecular complexity index is 755. The third kappa shape index (κ3) is 5.76. The Balaban J connectivity index is 1.44. The number of hydrogen-bond donors (Lipinski definition) is 1. The van der Waals surface area contributed by atoms with Crippen LogP contribution in [0.1, 0.15) is 62.0 Å². The van der Waals surface area contributed by atoms with E-state index in [1.165, 1.54) is 31.3 Å². The second-order valence-electron chi connectivity index (χ2n) is 6.77.